The van der Waals surface area contributed by atoms with Crippen molar-refractivity contribution < 1.29 is 4.39 Å². The maximum absolute atomic E-state index is 13.8. The fourth-order valence-electron chi connectivity index (χ4n) is 2.17. The molecular weight excluding hydrogens is 267 g/mol. The van der Waals surface area contributed by atoms with Crippen LogP contribution in [0.2, 0.25) is 0 Å². The molecule has 4 nitrogen and oxygen atoms in total. The van der Waals surface area contributed by atoms with Gasteiger partial charge in [-0.05, 0) is 6.07 Å². The number of rotatable bonds is 3. The highest BCUT2D eigenvalue weighted by molar-refractivity contribution is 5.64. The summed E-state index contributed by atoms with van der Waals surface area (Å²) in [7, 11) is 0. The Morgan fingerprint density at radius 1 is 1.05 bits per heavy atom. The van der Waals surface area contributed by atoms with Gasteiger partial charge in [-0.15, -0.1) is 5.10 Å². The molecule has 1 heterocycles. The molecule has 3 aromatic rings. The lowest BCUT2D eigenvalue weighted by molar-refractivity contribution is 0.579. The Morgan fingerprint density at radius 2 is 1.76 bits per heavy atom. The molecule has 0 fully saturated rings. The van der Waals surface area contributed by atoms with Gasteiger partial charge in [0.15, 0.2) is 5.69 Å². The van der Waals surface area contributed by atoms with E-state index in [0.29, 0.717) is 11.3 Å². The van der Waals surface area contributed by atoms with Gasteiger partial charge in [0, 0.05) is 11.1 Å². The highest BCUT2D eigenvalue weighted by Gasteiger charge is 2.15. The number of hydrogen-bond acceptors (Lipinski definition) is 3. The normalized spacial score (nSPS) is 10.3. The second-order valence-corrected chi connectivity index (χ2v) is 4.51. The van der Waals surface area contributed by atoms with Gasteiger partial charge in [-0.25, -0.2) is 9.07 Å². The molecule has 2 aromatic carbocycles. The molecule has 0 spiro atoms. The first-order chi connectivity index (χ1) is 10.3. The van der Waals surface area contributed by atoms with Gasteiger partial charge >= 0.3 is 0 Å². The van der Waals surface area contributed by atoms with E-state index in [-0.39, 0.29) is 18.1 Å². The molecule has 0 radical (unpaired) electrons. The van der Waals surface area contributed by atoms with Crippen LogP contribution < -0.4 is 0 Å². The van der Waals surface area contributed by atoms with Gasteiger partial charge in [0.1, 0.15) is 17.6 Å². The topological polar surface area (TPSA) is 54.5 Å². The van der Waals surface area contributed by atoms with Gasteiger partial charge < -0.3 is 0 Å². The summed E-state index contributed by atoms with van der Waals surface area (Å²) >= 11 is 0. The van der Waals surface area contributed by atoms with E-state index in [0.717, 1.165) is 5.56 Å². The lowest BCUT2D eigenvalue weighted by Gasteiger charge is -2.07. The van der Waals surface area contributed by atoms with Crippen molar-refractivity contribution in [3.63, 3.8) is 0 Å². The molecule has 0 saturated carbocycles. The van der Waals surface area contributed by atoms with Crippen LogP contribution in [0, 0.1) is 17.1 Å². The van der Waals surface area contributed by atoms with Crippen LogP contribution in [0.5, 0.6) is 0 Å². The minimum absolute atomic E-state index is 0.228. The van der Waals surface area contributed by atoms with Crippen molar-refractivity contribution in [3.8, 4) is 17.3 Å². The number of benzene rings is 2. The van der Waals surface area contributed by atoms with E-state index in [2.05, 4.69) is 10.3 Å². The predicted molar refractivity (Wildman–Crippen MR) is 75.7 cm³/mol. The molecule has 0 aliphatic heterocycles. The summed E-state index contributed by atoms with van der Waals surface area (Å²) in [6.07, 6.45) is 0. The Labute approximate surface area is 121 Å². The van der Waals surface area contributed by atoms with Crippen molar-refractivity contribution >= 4 is 0 Å². The smallest absolute Gasteiger partial charge is 0.190 e. The second kappa shape index (κ2) is 5.55. The molecule has 0 N–H and O–H groups in total. The van der Waals surface area contributed by atoms with Crippen molar-refractivity contribution in [3.05, 3.63) is 71.7 Å². The number of halogens is 1. The lowest BCUT2D eigenvalue weighted by atomic mass is 10.1. The molecule has 1 aromatic heterocycles. The van der Waals surface area contributed by atoms with Crippen LogP contribution in [-0.4, -0.2) is 15.0 Å². The Morgan fingerprint density at radius 3 is 2.48 bits per heavy atom. The van der Waals surface area contributed by atoms with Crippen LogP contribution in [0.3, 0.4) is 0 Å². The van der Waals surface area contributed by atoms with Crippen LogP contribution in [0.4, 0.5) is 4.39 Å². The van der Waals surface area contributed by atoms with E-state index in [9.17, 15) is 9.65 Å². The summed E-state index contributed by atoms with van der Waals surface area (Å²) in [6.45, 7) is 0.228. The Kier molecular flexibility index (Phi) is 3.44. The number of aromatic nitrogens is 3. The molecule has 3 rings (SSSR count). The summed E-state index contributed by atoms with van der Waals surface area (Å²) in [5, 5.41) is 17.0. The lowest BCUT2D eigenvalue weighted by Crippen LogP contribution is -2.06. The molecule has 0 unspecified atom stereocenters. The molecular formula is C16H11FN4. The molecule has 0 amide bonds. The average molecular weight is 278 g/mol. The van der Waals surface area contributed by atoms with Gasteiger partial charge in [0.2, 0.25) is 0 Å². The second-order valence-electron chi connectivity index (χ2n) is 4.51. The largest absolute Gasteiger partial charge is 0.239 e. The Balaban J connectivity index is 2.07. The van der Waals surface area contributed by atoms with Gasteiger partial charge in [-0.1, -0.05) is 53.7 Å². The molecule has 0 saturated heterocycles. The van der Waals surface area contributed by atoms with Gasteiger partial charge in [0.05, 0.1) is 6.54 Å². The average Bonchev–Trinajstić information content (AvgIpc) is 2.93. The summed E-state index contributed by atoms with van der Waals surface area (Å²) < 4.78 is 15.3. The van der Waals surface area contributed by atoms with E-state index in [1.54, 1.807) is 22.9 Å². The molecule has 0 aliphatic carbocycles. The molecule has 5 heteroatoms. The summed E-state index contributed by atoms with van der Waals surface area (Å²) in [5.41, 5.74) is 2.17. The molecule has 21 heavy (non-hydrogen) atoms. The zero-order valence-electron chi connectivity index (χ0n) is 11.1. The predicted octanol–water partition coefficient (Wildman–Crippen LogP) is 3.00. The van der Waals surface area contributed by atoms with E-state index in [1.807, 2.05) is 36.4 Å². The standard InChI is InChI=1S/C16H11FN4/c17-14-9-5-4-8-13(14)11-21-16(15(10-18)19-20-21)12-6-2-1-3-7-12/h1-9H,11H2. The van der Waals surface area contributed by atoms with Crippen LogP contribution in [0.25, 0.3) is 11.3 Å². The first kappa shape index (κ1) is 13.0. The molecule has 0 bridgehead atoms. The summed E-state index contributed by atoms with van der Waals surface area (Å²) in [5.74, 6) is -0.300. The minimum atomic E-state index is -0.300. The Bertz CT molecular complexity index is 803. The first-order valence-electron chi connectivity index (χ1n) is 6.42. The molecule has 0 aliphatic rings. The highest BCUT2D eigenvalue weighted by Crippen LogP contribution is 2.22. The molecule has 102 valence electrons. The number of hydrogen-bond donors (Lipinski definition) is 0. The van der Waals surface area contributed by atoms with Crippen molar-refractivity contribution in [2.75, 3.05) is 0 Å². The van der Waals surface area contributed by atoms with E-state index in [4.69, 9.17) is 0 Å². The van der Waals surface area contributed by atoms with Crippen molar-refractivity contribution in [1.82, 2.24) is 15.0 Å². The molecule has 0 atom stereocenters. The number of nitrogens with zero attached hydrogens (tertiary/aromatic N) is 4. The van der Waals surface area contributed by atoms with E-state index < -0.39 is 0 Å². The summed E-state index contributed by atoms with van der Waals surface area (Å²) in [6, 6.07) is 17.9. The zero-order valence-corrected chi connectivity index (χ0v) is 11.1. The van der Waals surface area contributed by atoms with Crippen LogP contribution in [-0.2, 0) is 6.54 Å². The monoisotopic (exact) mass is 278 g/mol. The quantitative estimate of drug-likeness (QED) is 0.740. The van der Waals surface area contributed by atoms with Crippen molar-refractivity contribution in [2.45, 2.75) is 6.54 Å². The van der Waals surface area contributed by atoms with E-state index in [1.165, 1.54) is 6.07 Å². The minimum Gasteiger partial charge on any atom is -0.239 e. The maximum Gasteiger partial charge on any atom is 0.190 e. The fraction of sp³-hybridized carbons (Fsp3) is 0.0625. The zero-order chi connectivity index (χ0) is 14.7. The van der Waals surface area contributed by atoms with Gasteiger partial charge in [-0.3, -0.25) is 0 Å². The van der Waals surface area contributed by atoms with E-state index >= 15 is 0 Å². The fourth-order valence-corrected chi connectivity index (χ4v) is 2.17. The van der Waals surface area contributed by atoms with Crippen LogP contribution in [0.1, 0.15) is 11.3 Å². The third-order valence-electron chi connectivity index (χ3n) is 3.17. The Hall–Kier alpha value is -3.00. The highest BCUT2D eigenvalue weighted by atomic mass is 19.1. The van der Waals surface area contributed by atoms with Gasteiger partial charge in [0.25, 0.3) is 0 Å². The van der Waals surface area contributed by atoms with Gasteiger partial charge in [-0.2, -0.15) is 5.26 Å². The maximum atomic E-state index is 13.8. The third-order valence-corrected chi connectivity index (χ3v) is 3.17. The van der Waals surface area contributed by atoms with Crippen LogP contribution in [0.15, 0.2) is 54.6 Å². The summed E-state index contributed by atoms with van der Waals surface area (Å²) in [4.78, 5) is 0. The number of nitriles is 1. The van der Waals surface area contributed by atoms with Crippen LogP contribution >= 0.6 is 0 Å². The SMILES string of the molecule is N#Cc1nnn(Cc2ccccc2F)c1-c1ccccc1. The third kappa shape index (κ3) is 2.51. The van der Waals surface area contributed by atoms with Crippen molar-refractivity contribution in [1.29, 1.82) is 5.26 Å². The van der Waals surface area contributed by atoms with Crippen molar-refractivity contribution in [2.24, 2.45) is 0 Å². The first-order valence-corrected chi connectivity index (χ1v) is 6.42.